The summed E-state index contributed by atoms with van der Waals surface area (Å²) in [5.74, 6) is -0.376. The number of carbonyl (C=O) groups is 3. The molecule has 5 aliphatic rings. The molecule has 0 radical (unpaired) electrons. The minimum Gasteiger partial charge on any atom is -0.469 e. The highest BCUT2D eigenvalue weighted by atomic mass is 16.5. The van der Waals surface area contributed by atoms with E-state index >= 15 is 0 Å². The maximum absolute atomic E-state index is 14.4. The molecule has 0 aromatic carbocycles. The minimum absolute atomic E-state index is 0.0308. The zero-order valence-corrected chi connectivity index (χ0v) is 23.9. The zero-order valence-electron chi connectivity index (χ0n) is 23.9. The van der Waals surface area contributed by atoms with Gasteiger partial charge in [0.15, 0.2) is 11.6 Å². The molecule has 3 saturated carbocycles. The molecule has 0 saturated heterocycles. The van der Waals surface area contributed by atoms with E-state index in [4.69, 9.17) is 4.74 Å². The number of nitrogens with zero attached hydrogens (tertiary/aromatic N) is 1. The highest BCUT2D eigenvalue weighted by Gasteiger charge is 2.71. The predicted octanol–water partition coefficient (Wildman–Crippen LogP) is 6.38. The van der Waals surface area contributed by atoms with Crippen LogP contribution in [0.1, 0.15) is 93.4 Å². The van der Waals surface area contributed by atoms with E-state index in [9.17, 15) is 19.6 Å². The van der Waals surface area contributed by atoms with Gasteiger partial charge in [-0.1, -0.05) is 60.1 Å². The molecule has 5 nitrogen and oxygen atoms in total. The first kappa shape index (κ1) is 26.4. The fourth-order valence-electron chi connectivity index (χ4n) is 10.2. The summed E-state index contributed by atoms with van der Waals surface area (Å²) in [7, 11) is 1.48. The Hall–Kier alpha value is -2.22. The SMILES string of the molecule is COC(=O)[C@]12CCC(C)(C)C[C@@H]1C1C(=O)C=C3[C@@]4(C)C=C(C#N)C(=O)C(C)(C)[C@@H]4CC[C@@]3(C)[C@]1(C)CC2. The normalized spacial score (nSPS) is 45.6. The maximum atomic E-state index is 14.4. The van der Waals surface area contributed by atoms with E-state index in [2.05, 4.69) is 40.7 Å². The number of allylic oxidation sites excluding steroid dienone is 4. The van der Waals surface area contributed by atoms with Crippen molar-refractivity contribution in [1.82, 2.24) is 0 Å². The van der Waals surface area contributed by atoms with E-state index in [-0.39, 0.29) is 57.1 Å². The Morgan fingerprint density at radius 3 is 2.27 bits per heavy atom. The van der Waals surface area contributed by atoms with Gasteiger partial charge in [-0.2, -0.15) is 5.26 Å². The van der Waals surface area contributed by atoms with E-state index < -0.39 is 16.2 Å². The Balaban J connectivity index is 1.71. The van der Waals surface area contributed by atoms with Crippen molar-refractivity contribution < 1.29 is 19.1 Å². The predicted molar refractivity (Wildman–Crippen MR) is 141 cm³/mol. The van der Waals surface area contributed by atoms with Crippen LogP contribution in [0.2, 0.25) is 0 Å². The van der Waals surface area contributed by atoms with Crippen molar-refractivity contribution in [2.24, 2.45) is 50.2 Å². The Morgan fingerprint density at radius 2 is 1.65 bits per heavy atom. The molecule has 5 rings (SSSR count). The number of Topliss-reactive ketones (excluding diaryl/α,β-unsaturated/α-hetero) is 1. The summed E-state index contributed by atoms with van der Waals surface area (Å²) in [6.07, 6.45) is 9.65. The molecule has 0 aromatic rings. The average Bonchev–Trinajstić information content (AvgIpc) is 2.82. The topological polar surface area (TPSA) is 84.2 Å². The summed E-state index contributed by atoms with van der Waals surface area (Å²) in [5, 5.41) is 9.86. The number of methoxy groups -OCH3 is 1. The second kappa shape index (κ2) is 7.67. The summed E-state index contributed by atoms with van der Waals surface area (Å²) in [4.78, 5) is 40.9. The molecule has 0 heterocycles. The van der Waals surface area contributed by atoms with Crippen LogP contribution in [0.15, 0.2) is 23.3 Å². The van der Waals surface area contributed by atoms with Crippen molar-refractivity contribution in [3.8, 4) is 6.07 Å². The molecule has 0 N–H and O–H groups in total. The van der Waals surface area contributed by atoms with Gasteiger partial charge < -0.3 is 4.74 Å². The number of nitriles is 1. The summed E-state index contributed by atoms with van der Waals surface area (Å²) < 4.78 is 5.41. The Bertz CT molecular complexity index is 1200. The quantitative estimate of drug-likeness (QED) is 0.386. The molecule has 0 aliphatic heterocycles. The van der Waals surface area contributed by atoms with Crippen LogP contribution in [0.4, 0.5) is 0 Å². The lowest BCUT2D eigenvalue weighted by Gasteiger charge is -2.68. The average molecular weight is 506 g/mol. The van der Waals surface area contributed by atoms with Gasteiger partial charge in [0, 0.05) is 16.7 Å². The number of carbonyl (C=O) groups excluding carboxylic acids is 3. The Labute approximate surface area is 222 Å². The van der Waals surface area contributed by atoms with Gasteiger partial charge >= 0.3 is 5.97 Å². The second-order valence-corrected chi connectivity index (χ2v) is 14.9. The lowest BCUT2D eigenvalue weighted by atomic mass is 9.34. The smallest absolute Gasteiger partial charge is 0.312 e. The van der Waals surface area contributed by atoms with E-state index in [0.717, 1.165) is 50.5 Å². The number of esters is 1. The van der Waals surface area contributed by atoms with E-state index in [1.165, 1.54) is 7.11 Å². The summed E-state index contributed by atoms with van der Waals surface area (Å²) in [6.45, 7) is 15.2. The molecule has 200 valence electrons. The van der Waals surface area contributed by atoms with Crippen molar-refractivity contribution in [3.05, 3.63) is 23.3 Å². The van der Waals surface area contributed by atoms with Crippen molar-refractivity contribution in [1.29, 1.82) is 5.26 Å². The Kier molecular flexibility index (Phi) is 5.47. The number of hydrogen-bond donors (Lipinski definition) is 0. The van der Waals surface area contributed by atoms with Gasteiger partial charge in [-0.05, 0) is 79.1 Å². The van der Waals surface area contributed by atoms with Crippen LogP contribution in [-0.4, -0.2) is 24.6 Å². The van der Waals surface area contributed by atoms with Crippen molar-refractivity contribution in [2.45, 2.75) is 93.4 Å². The first-order chi connectivity index (χ1) is 17.0. The fraction of sp³-hybridized carbons (Fsp3) is 0.750. The van der Waals surface area contributed by atoms with Crippen LogP contribution in [-0.2, 0) is 19.1 Å². The fourth-order valence-corrected chi connectivity index (χ4v) is 10.2. The van der Waals surface area contributed by atoms with Crippen LogP contribution < -0.4 is 0 Å². The highest BCUT2D eigenvalue weighted by Crippen LogP contribution is 2.74. The third kappa shape index (κ3) is 3.11. The number of fused-ring (bicyclic) bond motifs is 7. The molecule has 5 aliphatic carbocycles. The van der Waals surface area contributed by atoms with Gasteiger partial charge in [0.2, 0.25) is 0 Å². The zero-order chi connectivity index (χ0) is 27.4. The first-order valence-corrected chi connectivity index (χ1v) is 14.1. The lowest BCUT2D eigenvalue weighted by Crippen LogP contribution is -2.65. The number of hydrogen-bond acceptors (Lipinski definition) is 5. The molecule has 37 heavy (non-hydrogen) atoms. The lowest BCUT2D eigenvalue weighted by molar-refractivity contribution is -0.191. The van der Waals surface area contributed by atoms with Crippen LogP contribution >= 0.6 is 0 Å². The van der Waals surface area contributed by atoms with Gasteiger partial charge in [0.05, 0.1) is 18.1 Å². The van der Waals surface area contributed by atoms with Gasteiger partial charge in [-0.3, -0.25) is 14.4 Å². The van der Waals surface area contributed by atoms with Crippen LogP contribution in [0.5, 0.6) is 0 Å². The molecule has 3 fully saturated rings. The molecular weight excluding hydrogens is 462 g/mol. The molecule has 7 atom stereocenters. The summed E-state index contributed by atoms with van der Waals surface area (Å²) >= 11 is 0. The van der Waals surface area contributed by atoms with Gasteiger partial charge in [0.25, 0.3) is 0 Å². The van der Waals surface area contributed by atoms with Crippen molar-refractivity contribution in [2.75, 3.05) is 7.11 Å². The van der Waals surface area contributed by atoms with E-state index in [0.29, 0.717) is 0 Å². The van der Waals surface area contributed by atoms with Gasteiger partial charge in [0.1, 0.15) is 6.07 Å². The third-order valence-corrected chi connectivity index (χ3v) is 12.5. The molecule has 1 unspecified atom stereocenters. The first-order valence-electron chi connectivity index (χ1n) is 14.1. The molecular formula is C32H43NO4. The van der Waals surface area contributed by atoms with E-state index in [1.54, 1.807) is 0 Å². The molecule has 0 bridgehead atoms. The number of ether oxygens (including phenoxy) is 1. The summed E-state index contributed by atoms with van der Waals surface area (Å²) in [6, 6.07) is 2.17. The molecule has 0 aromatic heterocycles. The maximum Gasteiger partial charge on any atom is 0.312 e. The standard InChI is InChI=1S/C32H43NO4/c1-27(2)11-13-32(26(36)37-8)14-12-31(7)24(20(32)17-27)21(34)15-23-29(5)16-19(18-33)25(35)28(3,4)22(29)9-10-30(23,31)6/h15-16,20,22,24H,9-14,17H2,1-8H3/t20-,22+,24?,29+,30-,31-,32+/m1/s1. The van der Waals surface area contributed by atoms with Crippen molar-refractivity contribution >= 4 is 17.5 Å². The van der Waals surface area contributed by atoms with Crippen LogP contribution in [0.3, 0.4) is 0 Å². The molecule has 5 heteroatoms. The number of ketones is 2. The van der Waals surface area contributed by atoms with E-state index in [1.807, 2.05) is 26.0 Å². The van der Waals surface area contributed by atoms with Crippen LogP contribution in [0.25, 0.3) is 0 Å². The van der Waals surface area contributed by atoms with Gasteiger partial charge in [-0.15, -0.1) is 0 Å². The third-order valence-electron chi connectivity index (χ3n) is 12.5. The largest absolute Gasteiger partial charge is 0.469 e. The minimum atomic E-state index is -0.669. The second-order valence-electron chi connectivity index (χ2n) is 14.9. The monoisotopic (exact) mass is 505 g/mol. The molecule has 0 spiro atoms. The summed E-state index contributed by atoms with van der Waals surface area (Å²) in [5.41, 5.74) is -1.02. The van der Waals surface area contributed by atoms with Crippen molar-refractivity contribution in [3.63, 3.8) is 0 Å². The van der Waals surface area contributed by atoms with Gasteiger partial charge in [-0.25, -0.2) is 0 Å². The number of rotatable bonds is 1. The Morgan fingerprint density at radius 1 is 1.00 bits per heavy atom. The van der Waals surface area contributed by atoms with Crippen LogP contribution in [0, 0.1) is 61.6 Å². The molecule has 0 amide bonds. The highest BCUT2D eigenvalue weighted by molar-refractivity contribution is 6.04.